The quantitative estimate of drug-likeness (QED) is 0.119. The molecule has 1 N–H and O–H groups in total. The maximum absolute atomic E-state index is 11.8. The molecule has 4 heteroatoms. The zero-order valence-electron chi connectivity index (χ0n) is 23.9. The molecule has 0 amide bonds. The molecule has 3 rings (SSSR count). The smallest absolute Gasteiger partial charge is 0.333 e. The largest absolute Gasteiger partial charge is 0.491 e. The molecule has 0 spiro atoms. The SMILES string of the molecule is C=C(C)C(=O)OCCc1cc(-c2ccc(CCc3ccc(CCCCC)cc3)cc2CC)ccc1OCCO. The first-order valence-corrected chi connectivity index (χ1v) is 14.3. The Labute approximate surface area is 234 Å². The second-order valence-electron chi connectivity index (χ2n) is 10.2. The summed E-state index contributed by atoms with van der Waals surface area (Å²) in [7, 11) is 0. The highest BCUT2D eigenvalue weighted by molar-refractivity contribution is 5.86. The molecule has 208 valence electrons. The topological polar surface area (TPSA) is 55.8 Å². The third kappa shape index (κ3) is 9.40. The van der Waals surface area contributed by atoms with E-state index >= 15 is 0 Å². The number of aliphatic hydroxyl groups excluding tert-OH is 1. The van der Waals surface area contributed by atoms with Gasteiger partial charge in [0.2, 0.25) is 0 Å². The predicted molar refractivity (Wildman–Crippen MR) is 160 cm³/mol. The third-order valence-corrected chi connectivity index (χ3v) is 7.02. The van der Waals surface area contributed by atoms with Crippen molar-refractivity contribution in [2.75, 3.05) is 19.8 Å². The number of esters is 1. The Morgan fingerprint density at radius 2 is 1.49 bits per heavy atom. The summed E-state index contributed by atoms with van der Waals surface area (Å²) < 4.78 is 11.1. The molecule has 0 saturated heterocycles. The van der Waals surface area contributed by atoms with Gasteiger partial charge in [-0.05, 0) is 90.1 Å². The molecule has 0 unspecified atom stereocenters. The normalized spacial score (nSPS) is 10.9. The average molecular weight is 529 g/mol. The predicted octanol–water partition coefficient (Wildman–Crippen LogP) is 7.47. The number of hydrogen-bond acceptors (Lipinski definition) is 4. The van der Waals surface area contributed by atoms with E-state index in [-0.39, 0.29) is 19.8 Å². The van der Waals surface area contributed by atoms with Gasteiger partial charge in [0.15, 0.2) is 0 Å². The summed E-state index contributed by atoms with van der Waals surface area (Å²) in [6, 6.07) is 22.0. The molecule has 3 aromatic carbocycles. The highest BCUT2D eigenvalue weighted by Gasteiger charge is 2.12. The van der Waals surface area contributed by atoms with Crippen LogP contribution in [0.2, 0.25) is 0 Å². The lowest BCUT2D eigenvalue weighted by molar-refractivity contribution is -0.138. The number of rotatable bonds is 16. The van der Waals surface area contributed by atoms with Crippen LogP contribution in [0.4, 0.5) is 0 Å². The van der Waals surface area contributed by atoms with E-state index in [1.165, 1.54) is 53.5 Å². The maximum atomic E-state index is 11.8. The van der Waals surface area contributed by atoms with Crippen LogP contribution in [0.15, 0.2) is 72.8 Å². The van der Waals surface area contributed by atoms with E-state index in [0.29, 0.717) is 17.7 Å². The second kappa shape index (κ2) is 15.9. The first-order chi connectivity index (χ1) is 18.9. The highest BCUT2D eigenvalue weighted by atomic mass is 16.5. The Morgan fingerprint density at radius 1 is 0.795 bits per heavy atom. The van der Waals surface area contributed by atoms with Gasteiger partial charge in [-0.1, -0.05) is 81.8 Å². The molecule has 0 radical (unpaired) electrons. The van der Waals surface area contributed by atoms with E-state index in [9.17, 15) is 9.90 Å². The Kier molecular flexibility index (Phi) is 12.3. The van der Waals surface area contributed by atoms with E-state index in [1.807, 2.05) is 6.07 Å². The molecule has 0 aliphatic carbocycles. The molecule has 0 bridgehead atoms. The van der Waals surface area contributed by atoms with Crippen molar-refractivity contribution in [1.29, 1.82) is 0 Å². The zero-order valence-corrected chi connectivity index (χ0v) is 23.9. The molecule has 4 nitrogen and oxygen atoms in total. The van der Waals surface area contributed by atoms with E-state index in [0.717, 1.165) is 30.4 Å². The van der Waals surface area contributed by atoms with Gasteiger partial charge in [-0.3, -0.25) is 0 Å². The summed E-state index contributed by atoms with van der Waals surface area (Å²) in [6.07, 6.45) is 8.49. The maximum Gasteiger partial charge on any atom is 0.333 e. The number of aryl methyl sites for hydroxylation is 4. The number of hydrogen-bond donors (Lipinski definition) is 1. The molecule has 0 fully saturated rings. The second-order valence-corrected chi connectivity index (χ2v) is 10.2. The summed E-state index contributed by atoms with van der Waals surface area (Å²) in [4.78, 5) is 11.8. The lowest BCUT2D eigenvalue weighted by atomic mass is 9.92. The van der Waals surface area contributed by atoms with Crippen LogP contribution in [0.5, 0.6) is 5.75 Å². The van der Waals surface area contributed by atoms with Crippen molar-refractivity contribution < 1.29 is 19.4 Å². The van der Waals surface area contributed by atoms with E-state index in [4.69, 9.17) is 9.47 Å². The fourth-order valence-corrected chi connectivity index (χ4v) is 4.73. The molecule has 0 heterocycles. The molecule has 0 aliphatic heterocycles. The van der Waals surface area contributed by atoms with Gasteiger partial charge < -0.3 is 14.6 Å². The molecule has 0 atom stereocenters. The van der Waals surface area contributed by atoms with Gasteiger partial charge in [-0.25, -0.2) is 4.79 Å². The first-order valence-electron chi connectivity index (χ1n) is 14.3. The van der Waals surface area contributed by atoms with Crippen molar-refractivity contribution >= 4 is 5.97 Å². The van der Waals surface area contributed by atoms with Gasteiger partial charge in [0.1, 0.15) is 12.4 Å². The van der Waals surface area contributed by atoms with Gasteiger partial charge in [0, 0.05) is 12.0 Å². The van der Waals surface area contributed by atoms with Crippen LogP contribution in [-0.2, 0) is 41.6 Å². The number of aliphatic hydroxyl groups is 1. The molecule has 3 aromatic rings. The monoisotopic (exact) mass is 528 g/mol. The summed E-state index contributed by atoms with van der Waals surface area (Å²) in [5.74, 6) is 0.306. The molecule has 0 aliphatic rings. The number of carbonyl (C=O) groups is 1. The number of ether oxygens (including phenoxy) is 2. The molecule has 0 aromatic heterocycles. The van der Waals surface area contributed by atoms with Gasteiger partial charge in [0.05, 0.1) is 13.2 Å². The van der Waals surface area contributed by atoms with Crippen molar-refractivity contribution in [3.05, 3.63) is 101 Å². The van der Waals surface area contributed by atoms with E-state index in [1.54, 1.807) is 6.92 Å². The Balaban J connectivity index is 1.72. The van der Waals surface area contributed by atoms with Crippen LogP contribution in [0.3, 0.4) is 0 Å². The third-order valence-electron chi connectivity index (χ3n) is 7.02. The Bertz CT molecular complexity index is 1210. The van der Waals surface area contributed by atoms with Crippen LogP contribution in [0.1, 0.15) is 67.9 Å². The van der Waals surface area contributed by atoms with Crippen LogP contribution >= 0.6 is 0 Å². The van der Waals surface area contributed by atoms with Crippen molar-refractivity contribution in [2.24, 2.45) is 0 Å². The van der Waals surface area contributed by atoms with Crippen LogP contribution in [-0.4, -0.2) is 30.9 Å². The molecular formula is C35H44O4. The number of benzene rings is 3. The molecule has 0 saturated carbocycles. The summed E-state index contributed by atoms with van der Waals surface area (Å²) in [5.41, 5.74) is 9.10. The summed E-state index contributed by atoms with van der Waals surface area (Å²) >= 11 is 0. The minimum absolute atomic E-state index is 0.0591. The fourth-order valence-electron chi connectivity index (χ4n) is 4.73. The lowest BCUT2D eigenvalue weighted by Gasteiger charge is -2.16. The van der Waals surface area contributed by atoms with Gasteiger partial charge in [0.25, 0.3) is 0 Å². The average Bonchev–Trinajstić information content (AvgIpc) is 2.95. The van der Waals surface area contributed by atoms with Crippen LogP contribution < -0.4 is 4.74 Å². The molecular weight excluding hydrogens is 484 g/mol. The Hall–Kier alpha value is -3.37. The number of carbonyl (C=O) groups excluding carboxylic acids is 1. The van der Waals surface area contributed by atoms with E-state index < -0.39 is 5.97 Å². The van der Waals surface area contributed by atoms with Crippen molar-refractivity contribution in [2.45, 2.75) is 72.1 Å². The summed E-state index contributed by atoms with van der Waals surface area (Å²) in [5, 5.41) is 9.22. The first kappa shape index (κ1) is 30.2. The fraction of sp³-hybridized carbons (Fsp3) is 0.400. The van der Waals surface area contributed by atoms with Crippen LogP contribution in [0, 0.1) is 0 Å². The molecule has 39 heavy (non-hydrogen) atoms. The van der Waals surface area contributed by atoms with Gasteiger partial charge >= 0.3 is 5.97 Å². The van der Waals surface area contributed by atoms with Gasteiger partial charge in [-0.15, -0.1) is 0 Å². The van der Waals surface area contributed by atoms with Crippen molar-refractivity contribution in [3.63, 3.8) is 0 Å². The van der Waals surface area contributed by atoms with Crippen LogP contribution in [0.25, 0.3) is 11.1 Å². The zero-order chi connectivity index (χ0) is 28.0. The summed E-state index contributed by atoms with van der Waals surface area (Å²) in [6.45, 7) is 10.1. The lowest BCUT2D eigenvalue weighted by Crippen LogP contribution is -2.10. The van der Waals surface area contributed by atoms with E-state index in [2.05, 4.69) is 75.0 Å². The van der Waals surface area contributed by atoms with Gasteiger partial charge in [-0.2, -0.15) is 0 Å². The minimum atomic E-state index is -0.393. The standard InChI is InChI=1S/C35H44O4/c1-5-7-8-9-27-10-12-28(13-11-27)14-15-29-16-18-33(30(6-2)24-29)31-17-19-34(38-23-21-36)32(25-31)20-22-39-35(37)26(3)4/h10-13,16-19,24-25,36H,3,5-9,14-15,20-23H2,1-2,4H3. The number of unbranched alkanes of at least 4 members (excludes halogenated alkanes) is 2. The minimum Gasteiger partial charge on any atom is -0.491 e. The van der Waals surface area contributed by atoms with Crippen molar-refractivity contribution in [1.82, 2.24) is 0 Å². The van der Waals surface area contributed by atoms with Crippen molar-refractivity contribution in [3.8, 4) is 16.9 Å². The highest BCUT2D eigenvalue weighted by Crippen LogP contribution is 2.31. The Morgan fingerprint density at radius 3 is 2.15 bits per heavy atom.